The number of ether oxygens (including phenoxy) is 1. The maximum atomic E-state index is 11.9. The summed E-state index contributed by atoms with van der Waals surface area (Å²) < 4.78 is 38.4. The van der Waals surface area contributed by atoms with Crippen molar-refractivity contribution in [2.75, 3.05) is 0 Å². The van der Waals surface area contributed by atoms with Crippen LogP contribution in [0.3, 0.4) is 0 Å². The molecule has 7 heteroatoms. The zero-order valence-corrected chi connectivity index (χ0v) is 18.5. The van der Waals surface area contributed by atoms with Crippen molar-refractivity contribution >= 4 is 10.1 Å². The molecule has 0 saturated heterocycles. The molecule has 2 rings (SSSR count). The summed E-state index contributed by atoms with van der Waals surface area (Å²) in [6.45, 7) is 2.11. The first kappa shape index (κ1) is 22.6. The van der Waals surface area contributed by atoms with Gasteiger partial charge in [-0.1, -0.05) is 62.3 Å². The van der Waals surface area contributed by atoms with Crippen LogP contribution in [0.4, 0.5) is 0 Å². The quantitative estimate of drug-likeness (QED) is 0.413. The molecule has 0 aromatic heterocycles. The third-order valence-corrected chi connectivity index (χ3v) is 4.58. The summed E-state index contributed by atoms with van der Waals surface area (Å²) >= 11 is 0. The Hall–Kier alpha value is -0.414. The first-order valence-electron chi connectivity index (χ1n) is 7.96. The van der Waals surface area contributed by atoms with Crippen molar-refractivity contribution in [3.05, 3.63) is 48.0 Å². The molecule has 0 amide bonds. The number of unbranched alkanes of at least 4 members (excludes halogenated alkanes) is 3. The van der Waals surface area contributed by atoms with Crippen molar-refractivity contribution in [3.8, 4) is 17.2 Å². The fourth-order valence-corrected chi connectivity index (χ4v) is 3.12. The zero-order chi connectivity index (χ0) is 17.6. The standard InChI is InChI=1S/C18H22O5S.K/c1-2-3-4-5-9-14-10-8-13-17(24(20,21)22)18(14)23-16-12-7-6-11-15(16)19;/h6-8,10-13,19H,2-5,9H2,1H3,(H,20,21,22);/q;+1/p-1. The Kier molecular flexibility index (Phi) is 9.65. The van der Waals surface area contributed by atoms with Gasteiger partial charge in [-0.3, -0.25) is 4.55 Å². The minimum absolute atomic E-state index is 0. The van der Waals surface area contributed by atoms with Gasteiger partial charge in [0.1, 0.15) is 10.6 Å². The number of aryl methyl sites for hydroxylation is 1. The van der Waals surface area contributed by atoms with E-state index in [0.29, 0.717) is 12.0 Å². The van der Waals surface area contributed by atoms with Crippen LogP contribution >= 0.6 is 0 Å². The van der Waals surface area contributed by atoms with E-state index in [-0.39, 0.29) is 73.5 Å². The Balaban J connectivity index is 0.00000312. The molecule has 25 heavy (non-hydrogen) atoms. The molecule has 0 fully saturated rings. The maximum Gasteiger partial charge on any atom is 1.00 e. The Morgan fingerprint density at radius 2 is 1.76 bits per heavy atom. The fourth-order valence-electron chi connectivity index (χ4n) is 2.46. The van der Waals surface area contributed by atoms with Crippen molar-refractivity contribution in [2.24, 2.45) is 0 Å². The van der Waals surface area contributed by atoms with Gasteiger partial charge >= 0.3 is 51.4 Å². The topological polar surface area (TPSA) is 86.7 Å². The van der Waals surface area contributed by atoms with E-state index >= 15 is 0 Å². The van der Waals surface area contributed by atoms with E-state index in [2.05, 4.69) is 6.92 Å². The third-order valence-electron chi connectivity index (χ3n) is 3.70. The second-order valence-corrected chi connectivity index (χ2v) is 6.97. The van der Waals surface area contributed by atoms with E-state index in [1.807, 2.05) is 0 Å². The number of rotatable bonds is 8. The monoisotopic (exact) mass is 388 g/mol. The van der Waals surface area contributed by atoms with Crippen molar-refractivity contribution in [2.45, 2.75) is 43.9 Å². The fraction of sp³-hybridized carbons (Fsp3) is 0.333. The van der Waals surface area contributed by atoms with Gasteiger partial charge in [0.05, 0.1) is 0 Å². The van der Waals surface area contributed by atoms with Gasteiger partial charge in [-0.25, -0.2) is 0 Å². The van der Waals surface area contributed by atoms with E-state index in [0.717, 1.165) is 25.7 Å². The van der Waals surface area contributed by atoms with Crippen LogP contribution < -0.4 is 61.2 Å². The number of para-hydroxylation sites is 3. The minimum Gasteiger partial charge on any atom is -0.870 e. The molecule has 0 unspecified atom stereocenters. The van der Waals surface area contributed by atoms with Gasteiger partial charge < -0.3 is 9.84 Å². The van der Waals surface area contributed by atoms with E-state index in [9.17, 15) is 18.1 Å². The molecular weight excluding hydrogens is 367 g/mol. The first-order valence-corrected chi connectivity index (χ1v) is 9.40. The van der Waals surface area contributed by atoms with Gasteiger partial charge in [0, 0.05) is 0 Å². The number of hydrogen-bond acceptors (Lipinski definition) is 4. The van der Waals surface area contributed by atoms with Crippen molar-refractivity contribution in [1.29, 1.82) is 0 Å². The molecular formula is C18H21KO5S. The van der Waals surface area contributed by atoms with Gasteiger partial charge in [-0.05, 0) is 30.5 Å². The first-order chi connectivity index (χ1) is 11.4. The molecule has 2 aromatic carbocycles. The van der Waals surface area contributed by atoms with Crippen LogP contribution in [0.2, 0.25) is 0 Å². The average molecular weight is 389 g/mol. The van der Waals surface area contributed by atoms with E-state index in [1.165, 1.54) is 18.2 Å². The molecule has 0 aliphatic heterocycles. The largest absolute Gasteiger partial charge is 1.00 e. The Labute approximate surface area is 191 Å². The number of hydrogen-bond donors (Lipinski definition) is 1. The summed E-state index contributed by atoms with van der Waals surface area (Å²) in [5, 5.41) is 11.9. The predicted octanol–water partition coefficient (Wildman–Crippen LogP) is 0.926. The van der Waals surface area contributed by atoms with Crippen LogP contribution in [-0.2, 0) is 16.5 Å². The summed E-state index contributed by atoms with van der Waals surface area (Å²) in [5.41, 5.74) is 0.657. The molecule has 2 aromatic rings. The summed E-state index contributed by atoms with van der Waals surface area (Å²) in [4.78, 5) is -0.321. The molecule has 0 saturated carbocycles. The molecule has 0 aliphatic rings. The van der Waals surface area contributed by atoms with Crippen LogP contribution in [-0.4, -0.2) is 13.0 Å². The molecule has 0 bridgehead atoms. The van der Waals surface area contributed by atoms with E-state index in [4.69, 9.17) is 4.74 Å². The summed E-state index contributed by atoms with van der Waals surface area (Å²) in [6, 6.07) is 10.6. The summed E-state index contributed by atoms with van der Waals surface area (Å²) in [6.07, 6.45) is 4.69. The molecule has 1 N–H and O–H groups in total. The average Bonchev–Trinajstić information content (AvgIpc) is 2.53. The normalized spacial score (nSPS) is 11.0. The molecule has 0 spiro atoms. The third kappa shape index (κ3) is 6.67. The van der Waals surface area contributed by atoms with Gasteiger partial charge in [-0.15, -0.1) is 0 Å². The Morgan fingerprint density at radius 3 is 2.40 bits per heavy atom. The van der Waals surface area contributed by atoms with Gasteiger partial charge in [-0.2, -0.15) is 8.42 Å². The van der Waals surface area contributed by atoms with Crippen LogP contribution in [0.1, 0.15) is 38.2 Å². The Morgan fingerprint density at radius 1 is 1.04 bits per heavy atom. The second-order valence-electron chi connectivity index (χ2n) is 5.58. The number of benzene rings is 2. The molecule has 0 aliphatic carbocycles. The van der Waals surface area contributed by atoms with Crippen LogP contribution in [0, 0.1) is 0 Å². The molecule has 5 nitrogen and oxygen atoms in total. The van der Waals surface area contributed by atoms with Crippen molar-refractivity contribution in [1.82, 2.24) is 0 Å². The van der Waals surface area contributed by atoms with Gasteiger partial charge in [0.15, 0.2) is 5.75 Å². The predicted molar refractivity (Wildman–Crippen MR) is 90.1 cm³/mol. The molecule has 130 valence electrons. The zero-order valence-electron chi connectivity index (χ0n) is 14.6. The Bertz CT molecular complexity index is 790. The van der Waals surface area contributed by atoms with E-state index < -0.39 is 10.1 Å². The minimum atomic E-state index is -4.45. The maximum absolute atomic E-state index is 11.9. The van der Waals surface area contributed by atoms with Crippen LogP contribution in [0.5, 0.6) is 17.2 Å². The van der Waals surface area contributed by atoms with Gasteiger partial charge in [0.25, 0.3) is 10.1 Å². The smallest absolute Gasteiger partial charge is 0.870 e. The van der Waals surface area contributed by atoms with Crippen molar-refractivity contribution in [3.63, 3.8) is 0 Å². The van der Waals surface area contributed by atoms with E-state index in [1.54, 1.807) is 24.3 Å². The SMILES string of the molecule is CCCCCCc1cccc(S(=O)(=O)O)c1Oc1ccccc1[O-].[K+]. The second kappa shape index (κ2) is 10.7. The van der Waals surface area contributed by atoms with Crippen LogP contribution in [0.15, 0.2) is 47.4 Å². The van der Waals surface area contributed by atoms with Gasteiger partial charge in [0.2, 0.25) is 0 Å². The van der Waals surface area contributed by atoms with Crippen molar-refractivity contribution < 1.29 is 74.2 Å². The molecule has 0 radical (unpaired) electrons. The molecule has 0 atom stereocenters. The summed E-state index contributed by atoms with van der Waals surface area (Å²) in [7, 11) is -4.45. The summed E-state index contributed by atoms with van der Waals surface area (Å²) in [5.74, 6) is -0.289. The molecule has 0 heterocycles. The van der Waals surface area contributed by atoms with Crippen LogP contribution in [0.25, 0.3) is 0 Å².